The van der Waals surface area contributed by atoms with Gasteiger partial charge in [0, 0.05) is 10.9 Å². The molecule has 0 aliphatic carbocycles. The lowest BCUT2D eigenvalue weighted by Crippen LogP contribution is -2.33. The molecule has 0 unspecified atom stereocenters. The predicted molar refractivity (Wildman–Crippen MR) is 80.9 cm³/mol. The van der Waals surface area contributed by atoms with E-state index in [0.717, 1.165) is 36.0 Å². The van der Waals surface area contributed by atoms with Gasteiger partial charge in [-0.3, -0.25) is 4.79 Å². The van der Waals surface area contributed by atoms with Crippen LogP contribution in [0.3, 0.4) is 0 Å². The Morgan fingerprint density at radius 1 is 1.37 bits per heavy atom. The van der Waals surface area contributed by atoms with Gasteiger partial charge >= 0.3 is 0 Å². The first-order chi connectivity index (χ1) is 9.15. The molecule has 0 bridgehead atoms. The van der Waals surface area contributed by atoms with E-state index >= 15 is 0 Å². The third-order valence-corrected chi connectivity index (χ3v) is 4.21. The summed E-state index contributed by atoms with van der Waals surface area (Å²) in [5.41, 5.74) is 1.14. The van der Waals surface area contributed by atoms with E-state index in [1.807, 2.05) is 31.2 Å². The predicted octanol–water partition coefficient (Wildman–Crippen LogP) is 3.02. The van der Waals surface area contributed by atoms with Crippen LogP contribution >= 0.6 is 15.9 Å². The number of amides is 1. The van der Waals surface area contributed by atoms with Crippen LogP contribution in [0.5, 0.6) is 0 Å². The maximum atomic E-state index is 12.0. The third-order valence-electron chi connectivity index (χ3n) is 3.68. The van der Waals surface area contributed by atoms with Gasteiger partial charge in [0.05, 0.1) is 6.04 Å². The van der Waals surface area contributed by atoms with Crippen LogP contribution in [0.2, 0.25) is 0 Å². The van der Waals surface area contributed by atoms with E-state index in [0.29, 0.717) is 12.3 Å². The molecule has 2 N–H and O–H groups in total. The van der Waals surface area contributed by atoms with Crippen molar-refractivity contribution in [2.24, 2.45) is 5.92 Å². The molecule has 0 spiro atoms. The van der Waals surface area contributed by atoms with Crippen molar-refractivity contribution in [2.75, 3.05) is 13.1 Å². The van der Waals surface area contributed by atoms with Crippen molar-refractivity contribution >= 4 is 21.8 Å². The van der Waals surface area contributed by atoms with E-state index in [1.54, 1.807) is 0 Å². The molecule has 0 saturated carbocycles. The first-order valence-electron chi connectivity index (χ1n) is 6.90. The number of halogens is 1. The Morgan fingerprint density at radius 3 is 2.63 bits per heavy atom. The zero-order valence-electron chi connectivity index (χ0n) is 11.3. The molecule has 1 saturated heterocycles. The Labute approximate surface area is 123 Å². The van der Waals surface area contributed by atoms with Crippen LogP contribution in [0.25, 0.3) is 0 Å². The topological polar surface area (TPSA) is 41.1 Å². The number of carbonyl (C=O) groups is 1. The lowest BCUT2D eigenvalue weighted by Gasteiger charge is -2.23. The average molecular weight is 325 g/mol. The molecule has 0 aromatic heterocycles. The maximum absolute atomic E-state index is 12.0. The summed E-state index contributed by atoms with van der Waals surface area (Å²) in [6.45, 7) is 4.12. The zero-order chi connectivity index (χ0) is 13.7. The quantitative estimate of drug-likeness (QED) is 0.893. The van der Waals surface area contributed by atoms with Crippen molar-refractivity contribution < 1.29 is 4.79 Å². The third kappa shape index (κ3) is 4.62. The van der Waals surface area contributed by atoms with Gasteiger partial charge in [-0.2, -0.15) is 0 Å². The molecule has 1 fully saturated rings. The fraction of sp³-hybridized carbons (Fsp3) is 0.533. The molecule has 1 heterocycles. The monoisotopic (exact) mass is 324 g/mol. The fourth-order valence-corrected chi connectivity index (χ4v) is 2.75. The summed E-state index contributed by atoms with van der Waals surface area (Å²) in [6.07, 6.45) is 2.88. The molecular formula is C15H21BrN2O. The van der Waals surface area contributed by atoms with Crippen LogP contribution in [0, 0.1) is 5.92 Å². The molecule has 2 rings (SSSR count). The molecule has 0 radical (unpaired) electrons. The minimum absolute atomic E-state index is 0.0716. The fourth-order valence-electron chi connectivity index (χ4n) is 2.48. The lowest BCUT2D eigenvalue weighted by atomic mass is 9.94. The number of benzene rings is 1. The average Bonchev–Trinajstić information content (AvgIpc) is 2.40. The molecular weight excluding hydrogens is 304 g/mol. The van der Waals surface area contributed by atoms with Gasteiger partial charge in [0.25, 0.3) is 0 Å². The SMILES string of the molecule is C[C@H](NC(=O)CC1CCNCC1)c1ccc(Br)cc1. The molecule has 19 heavy (non-hydrogen) atoms. The van der Waals surface area contributed by atoms with Crippen LogP contribution in [0.15, 0.2) is 28.7 Å². The summed E-state index contributed by atoms with van der Waals surface area (Å²) >= 11 is 3.42. The molecule has 1 aliphatic heterocycles. The van der Waals surface area contributed by atoms with Crippen molar-refractivity contribution in [1.29, 1.82) is 0 Å². The van der Waals surface area contributed by atoms with Crippen molar-refractivity contribution in [3.05, 3.63) is 34.3 Å². The van der Waals surface area contributed by atoms with Crippen molar-refractivity contribution in [3.63, 3.8) is 0 Å². The van der Waals surface area contributed by atoms with Gasteiger partial charge in [0.15, 0.2) is 0 Å². The summed E-state index contributed by atoms with van der Waals surface area (Å²) < 4.78 is 1.06. The summed E-state index contributed by atoms with van der Waals surface area (Å²) in [5, 5.41) is 6.41. The number of carbonyl (C=O) groups excluding carboxylic acids is 1. The lowest BCUT2D eigenvalue weighted by molar-refractivity contribution is -0.122. The number of nitrogens with one attached hydrogen (secondary N) is 2. The van der Waals surface area contributed by atoms with Crippen LogP contribution in [0.4, 0.5) is 0 Å². The van der Waals surface area contributed by atoms with E-state index < -0.39 is 0 Å². The highest BCUT2D eigenvalue weighted by Gasteiger charge is 2.18. The van der Waals surface area contributed by atoms with Gasteiger partial charge in [-0.1, -0.05) is 28.1 Å². The van der Waals surface area contributed by atoms with E-state index in [9.17, 15) is 4.79 Å². The molecule has 1 aromatic carbocycles. The molecule has 1 amide bonds. The minimum atomic E-state index is 0.0716. The smallest absolute Gasteiger partial charge is 0.220 e. The van der Waals surface area contributed by atoms with E-state index in [2.05, 4.69) is 26.6 Å². The van der Waals surface area contributed by atoms with E-state index in [4.69, 9.17) is 0 Å². The van der Waals surface area contributed by atoms with E-state index in [-0.39, 0.29) is 11.9 Å². The van der Waals surface area contributed by atoms with Crippen LogP contribution in [0.1, 0.15) is 37.8 Å². The second kappa shape index (κ2) is 7.06. The summed E-state index contributed by atoms with van der Waals surface area (Å²) in [7, 11) is 0. The van der Waals surface area contributed by atoms with Gasteiger partial charge in [-0.05, 0) is 56.5 Å². The minimum Gasteiger partial charge on any atom is -0.350 e. The number of rotatable bonds is 4. The summed E-state index contributed by atoms with van der Waals surface area (Å²) in [5.74, 6) is 0.709. The Hall–Kier alpha value is -0.870. The number of hydrogen-bond acceptors (Lipinski definition) is 2. The van der Waals surface area contributed by atoms with Gasteiger partial charge in [0.2, 0.25) is 5.91 Å². The maximum Gasteiger partial charge on any atom is 0.220 e. The Bertz CT molecular complexity index is 413. The first-order valence-corrected chi connectivity index (χ1v) is 7.70. The van der Waals surface area contributed by atoms with Gasteiger partial charge in [-0.25, -0.2) is 0 Å². The van der Waals surface area contributed by atoms with Crippen molar-refractivity contribution in [3.8, 4) is 0 Å². The van der Waals surface area contributed by atoms with Crippen LogP contribution in [-0.2, 0) is 4.79 Å². The molecule has 4 heteroatoms. The van der Waals surface area contributed by atoms with Crippen molar-refractivity contribution in [1.82, 2.24) is 10.6 Å². The molecule has 3 nitrogen and oxygen atoms in total. The van der Waals surface area contributed by atoms with Gasteiger partial charge in [-0.15, -0.1) is 0 Å². The van der Waals surface area contributed by atoms with Crippen molar-refractivity contribution in [2.45, 2.75) is 32.2 Å². The first kappa shape index (κ1) is 14.5. The second-order valence-corrected chi connectivity index (χ2v) is 6.15. The Morgan fingerprint density at radius 2 is 2.00 bits per heavy atom. The largest absolute Gasteiger partial charge is 0.350 e. The second-order valence-electron chi connectivity index (χ2n) is 5.24. The summed E-state index contributed by atoms with van der Waals surface area (Å²) in [6, 6.07) is 8.16. The highest BCUT2D eigenvalue weighted by molar-refractivity contribution is 9.10. The standard InChI is InChI=1S/C15H21BrN2O/c1-11(13-2-4-14(16)5-3-13)18-15(19)10-12-6-8-17-9-7-12/h2-5,11-12,17H,6-10H2,1H3,(H,18,19)/t11-/m0/s1. The number of hydrogen-bond donors (Lipinski definition) is 2. The van der Waals surface area contributed by atoms with Crippen LogP contribution < -0.4 is 10.6 Å². The highest BCUT2D eigenvalue weighted by atomic mass is 79.9. The number of piperidine rings is 1. The Balaban J connectivity index is 1.82. The van der Waals surface area contributed by atoms with E-state index in [1.165, 1.54) is 0 Å². The van der Waals surface area contributed by atoms with Crippen LogP contribution in [-0.4, -0.2) is 19.0 Å². The van der Waals surface area contributed by atoms with Gasteiger partial charge < -0.3 is 10.6 Å². The molecule has 1 atom stereocenters. The Kier molecular flexibility index (Phi) is 5.40. The van der Waals surface area contributed by atoms with Gasteiger partial charge in [0.1, 0.15) is 0 Å². The molecule has 1 aromatic rings. The molecule has 1 aliphatic rings. The highest BCUT2D eigenvalue weighted by Crippen LogP contribution is 2.19. The summed E-state index contributed by atoms with van der Waals surface area (Å²) in [4.78, 5) is 12.0. The normalized spacial score (nSPS) is 18.0. The molecule has 104 valence electrons. The zero-order valence-corrected chi connectivity index (χ0v) is 12.9.